The fourth-order valence-corrected chi connectivity index (χ4v) is 4.28. The lowest BCUT2D eigenvalue weighted by atomic mass is 9.86. The first-order valence-corrected chi connectivity index (χ1v) is 9.92. The predicted molar refractivity (Wildman–Crippen MR) is 110 cm³/mol. The first kappa shape index (κ1) is 18.4. The van der Waals surface area contributed by atoms with Crippen LogP contribution in [0.15, 0.2) is 36.5 Å². The molecule has 2 unspecified atom stereocenters. The number of aliphatic hydroxyl groups excluding tert-OH is 2. The van der Waals surface area contributed by atoms with Gasteiger partial charge in [-0.05, 0) is 43.5 Å². The molecule has 1 aromatic carbocycles. The molecule has 0 amide bonds. The Balaban J connectivity index is 1.50. The number of nitrogens with one attached hydrogen (secondary N) is 1. The Bertz CT molecular complexity index is 1080. The summed E-state index contributed by atoms with van der Waals surface area (Å²) in [6.07, 6.45) is 0.604. The SMILES string of the molecule is [CH2]C1C[C@@H](Nc2ccnc3cc(-c4ccc5c(c4)C(C)(C)CO5)nn23)[C@H](O)C1O. The van der Waals surface area contributed by atoms with Gasteiger partial charge in [-0.15, -0.1) is 0 Å². The molecule has 2 aliphatic rings. The summed E-state index contributed by atoms with van der Waals surface area (Å²) in [4.78, 5) is 4.42. The molecule has 1 fully saturated rings. The van der Waals surface area contributed by atoms with Crippen LogP contribution in [0.1, 0.15) is 25.8 Å². The molecule has 1 radical (unpaired) electrons. The molecule has 1 aliphatic carbocycles. The fourth-order valence-electron chi connectivity index (χ4n) is 4.28. The van der Waals surface area contributed by atoms with Gasteiger partial charge in [0.1, 0.15) is 17.7 Å². The van der Waals surface area contributed by atoms with Crippen LogP contribution in [-0.4, -0.2) is 49.7 Å². The summed E-state index contributed by atoms with van der Waals surface area (Å²) >= 11 is 0. The number of benzene rings is 1. The number of aromatic nitrogens is 3. The Morgan fingerprint density at radius 3 is 2.79 bits per heavy atom. The van der Waals surface area contributed by atoms with E-state index in [2.05, 4.69) is 37.1 Å². The Morgan fingerprint density at radius 2 is 2.03 bits per heavy atom. The second-order valence-electron chi connectivity index (χ2n) is 8.74. The van der Waals surface area contributed by atoms with Gasteiger partial charge < -0.3 is 20.3 Å². The van der Waals surface area contributed by atoms with E-state index in [0.29, 0.717) is 18.7 Å². The van der Waals surface area contributed by atoms with Crippen molar-refractivity contribution in [1.82, 2.24) is 14.6 Å². The highest BCUT2D eigenvalue weighted by Crippen LogP contribution is 2.40. The number of anilines is 1. The molecule has 3 aromatic rings. The first-order chi connectivity index (χ1) is 13.8. The maximum Gasteiger partial charge on any atom is 0.157 e. The summed E-state index contributed by atoms with van der Waals surface area (Å²) in [5, 5.41) is 28.3. The van der Waals surface area contributed by atoms with Crippen molar-refractivity contribution in [3.05, 3.63) is 49.0 Å². The monoisotopic (exact) mass is 393 g/mol. The zero-order chi connectivity index (χ0) is 20.3. The second kappa shape index (κ2) is 6.43. The number of nitrogens with zero attached hydrogens (tertiary/aromatic N) is 3. The second-order valence-corrected chi connectivity index (χ2v) is 8.74. The fraction of sp³-hybridized carbons (Fsp3) is 0.409. The summed E-state index contributed by atoms with van der Waals surface area (Å²) < 4.78 is 7.52. The molecular weight excluding hydrogens is 368 g/mol. The zero-order valence-electron chi connectivity index (χ0n) is 16.5. The van der Waals surface area contributed by atoms with Crippen molar-refractivity contribution in [2.24, 2.45) is 5.92 Å². The third-order valence-corrected chi connectivity index (χ3v) is 6.09. The molecule has 29 heavy (non-hydrogen) atoms. The van der Waals surface area contributed by atoms with Gasteiger partial charge >= 0.3 is 0 Å². The average molecular weight is 393 g/mol. The molecule has 1 saturated carbocycles. The Hall–Kier alpha value is -2.64. The minimum Gasteiger partial charge on any atom is -0.492 e. The third kappa shape index (κ3) is 2.96. The van der Waals surface area contributed by atoms with Crippen molar-refractivity contribution in [3.8, 4) is 17.0 Å². The van der Waals surface area contributed by atoms with Crippen LogP contribution < -0.4 is 10.1 Å². The normalized spacial score (nSPS) is 27.8. The molecule has 3 heterocycles. The summed E-state index contributed by atoms with van der Waals surface area (Å²) in [5.41, 5.74) is 3.69. The van der Waals surface area contributed by atoms with Crippen LogP contribution in [0.4, 0.5) is 5.82 Å². The number of fused-ring (bicyclic) bond motifs is 2. The van der Waals surface area contributed by atoms with Gasteiger partial charge in [-0.25, -0.2) is 4.98 Å². The van der Waals surface area contributed by atoms with E-state index in [1.807, 2.05) is 24.3 Å². The van der Waals surface area contributed by atoms with Crippen LogP contribution in [0.2, 0.25) is 0 Å². The van der Waals surface area contributed by atoms with Gasteiger partial charge in [-0.1, -0.05) is 13.8 Å². The van der Waals surface area contributed by atoms with Crippen molar-refractivity contribution >= 4 is 11.5 Å². The van der Waals surface area contributed by atoms with Gasteiger partial charge in [-0.2, -0.15) is 9.61 Å². The van der Waals surface area contributed by atoms with Crippen LogP contribution in [0.3, 0.4) is 0 Å². The van der Waals surface area contributed by atoms with E-state index in [9.17, 15) is 10.2 Å². The lowest BCUT2D eigenvalue weighted by molar-refractivity contribution is 0.0256. The minimum absolute atomic E-state index is 0.0281. The van der Waals surface area contributed by atoms with E-state index >= 15 is 0 Å². The molecule has 7 heteroatoms. The van der Waals surface area contributed by atoms with E-state index in [1.54, 1.807) is 10.7 Å². The highest BCUT2D eigenvalue weighted by molar-refractivity contribution is 5.68. The first-order valence-electron chi connectivity index (χ1n) is 9.92. The number of ether oxygens (including phenoxy) is 1. The van der Waals surface area contributed by atoms with Crippen LogP contribution in [0.5, 0.6) is 5.75 Å². The highest BCUT2D eigenvalue weighted by atomic mass is 16.5. The van der Waals surface area contributed by atoms with Gasteiger partial charge in [0.05, 0.1) is 24.4 Å². The summed E-state index contributed by atoms with van der Waals surface area (Å²) in [5.74, 6) is 1.45. The number of rotatable bonds is 3. The van der Waals surface area contributed by atoms with E-state index in [0.717, 1.165) is 22.8 Å². The summed E-state index contributed by atoms with van der Waals surface area (Å²) in [7, 11) is 0. The highest BCUT2D eigenvalue weighted by Gasteiger charge is 2.39. The smallest absolute Gasteiger partial charge is 0.157 e. The van der Waals surface area contributed by atoms with E-state index in [1.165, 1.54) is 5.56 Å². The van der Waals surface area contributed by atoms with Crippen molar-refractivity contribution in [2.45, 2.75) is 43.9 Å². The molecule has 4 atom stereocenters. The maximum atomic E-state index is 10.3. The van der Waals surface area contributed by atoms with E-state index in [4.69, 9.17) is 9.84 Å². The Kier molecular flexibility index (Phi) is 4.08. The van der Waals surface area contributed by atoms with E-state index < -0.39 is 12.2 Å². The maximum absolute atomic E-state index is 10.3. The molecule has 0 saturated heterocycles. The van der Waals surface area contributed by atoms with Gasteiger partial charge in [-0.3, -0.25) is 0 Å². The van der Waals surface area contributed by atoms with Crippen molar-refractivity contribution in [1.29, 1.82) is 0 Å². The van der Waals surface area contributed by atoms with Gasteiger partial charge in [0, 0.05) is 28.8 Å². The van der Waals surface area contributed by atoms with Crippen LogP contribution in [-0.2, 0) is 5.41 Å². The van der Waals surface area contributed by atoms with Crippen molar-refractivity contribution in [2.75, 3.05) is 11.9 Å². The summed E-state index contributed by atoms with van der Waals surface area (Å²) in [6, 6.07) is 9.63. The molecule has 3 N–H and O–H groups in total. The molecule has 0 spiro atoms. The number of hydrogen-bond acceptors (Lipinski definition) is 6. The zero-order valence-corrected chi connectivity index (χ0v) is 16.5. The lowest BCUT2D eigenvalue weighted by Gasteiger charge is -2.19. The van der Waals surface area contributed by atoms with Crippen LogP contribution in [0, 0.1) is 12.8 Å². The van der Waals surface area contributed by atoms with E-state index in [-0.39, 0.29) is 17.4 Å². The number of aliphatic hydroxyl groups is 2. The van der Waals surface area contributed by atoms with Crippen molar-refractivity contribution < 1.29 is 14.9 Å². The molecule has 2 aromatic heterocycles. The molecular formula is C22H25N4O3. The Morgan fingerprint density at radius 1 is 1.21 bits per heavy atom. The quantitative estimate of drug-likeness (QED) is 0.633. The topological polar surface area (TPSA) is 91.9 Å². The Labute approximate surface area is 169 Å². The molecule has 1 aliphatic heterocycles. The molecule has 7 nitrogen and oxygen atoms in total. The van der Waals surface area contributed by atoms with Gasteiger partial charge in [0.25, 0.3) is 0 Å². The molecule has 151 valence electrons. The third-order valence-electron chi connectivity index (χ3n) is 6.09. The average Bonchev–Trinajstić information content (AvgIpc) is 3.34. The van der Waals surface area contributed by atoms with Crippen LogP contribution >= 0.6 is 0 Å². The minimum atomic E-state index is -0.866. The number of hydrogen-bond donors (Lipinski definition) is 3. The van der Waals surface area contributed by atoms with Crippen molar-refractivity contribution in [3.63, 3.8) is 0 Å². The standard InChI is InChI=1S/C22H25N4O3/c1-12-8-16(21(28)20(12)27)24-18-6-7-23-19-10-15(25-26(18)19)13-4-5-17-14(9-13)22(2,3)11-29-17/h4-7,9-10,12,16,20-21,24,27-28H,1,8,11H2,2-3H3/t12?,16-,20?,21+/m1/s1. The largest absolute Gasteiger partial charge is 0.492 e. The van der Waals surface area contributed by atoms with Gasteiger partial charge in [0.15, 0.2) is 5.65 Å². The predicted octanol–water partition coefficient (Wildman–Crippen LogP) is 2.42. The lowest BCUT2D eigenvalue weighted by Crippen LogP contribution is -2.35. The van der Waals surface area contributed by atoms with Gasteiger partial charge in [0.2, 0.25) is 0 Å². The molecule has 0 bridgehead atoms. The molecule has 5 rings (SSSR count). The van der Waals surface area contributed by atoms with Crippen LogP contribution in [0.25, 0.3) is 16.9 Å². The summed E-state index contributed by atoms with van der Waals surface area (Å²) in [6.45, 7) is 8.94.